The number of nitrogens with two attached hydrogens (primary N) is 9. The molecule has 24 heteroatoms. The minimum atomic E-state index is -0.296. The van der Waals surface area contributed by atoms with Crippen LogP contribution in [0.5, 0.6) is 0 Å². The highest BCUT2D eigenvalue weighted by Crippen LogP contribution is 2.16. The Hall–Kier alpha value is -0.960. The maximum atomic E-state index is 9.64. The molecule has 0 spiro atoms. The van der Waals surface area contributed by atoms with Crippen LogP contribution in [0.1, 0.15) is 320 Å². The number of nitrogens with zero attached hydrogens (tertiary/aromatic N) is 3. The summed E-state index contributed by atoms with van der Waals surface area (Å²) in [6.45, 7) is 64.1. The third kappa shape index (κ3) is 117. The van der Waals surface area contributed by atoms with Crippen LogP contribution in [0.15, 0.2) is 0 Å². The van der Waals surface area contributed by atoms with Crippen LogP contribution in [0.25, 0.3) is 0 Å². The molecule has 0 aromatic carbocycles. The first-order chi connectivity index (χ1) is 53.1. The van der Waals surface area contributed by atoms with Crippen LogP contribution in [0.3, 0.4) is 0 Å². The first kappa shape index (κ1) is 131. The molecule has 3 heterocycles. The Labute approximate surface area is 706 Å². The fourth-order valence-electron chi connectivity index (χ4n) is 12.1. The van der Waals surface area contributed by atoms with E-state index in [4.69, 9.17) is 97.6 Å². The van der Waals surface area contributed by atoms with Gasteiger partial charge in [-0.1, -0.05) is 166 Å². The molecule has 0 amide bonds. The molecular weight excluding hydrogens is 1440 g/mol. The number of rotatable bonds is 45. The summed E-state index contributed by atoms with van der Waals surface area (Å²) in [7, 11) is 0. The summed E-state index contributed by atoms with van der Waals surface area (Å²) in [5, 5.41) is 108. The first-order valence-electron chi connectivity index (χ1n) is 45.7. The van der Waals surface area contributed by atoms with E-state index in [2.05, 4.69) is 181 Å². The summed E-state index contributed by atoms with van der Waals surface area (Å²) in [6, 6.07) is 0.784. The Morgan fingerprint density at radius 2 is 0.377 bits per heavy atom. The Morgan fingerprint density at radius 3 is 0.491 bits per heavy atom. The molecule has 12 atom stereocenters. The van der Waals surface area contributed by atoms with Crippen LogP contribution in [0.2, 0.25) is 0 Å². The number of hydrogen-bond donors (Lipinski definition) is 21. The fourth-order valence-corrected chi connectivity index (χ4v) is 12.1. The van der Waals surface area contributed by atoms with E-state index in [0.717, 1.165) is 135 Å². The second-order valence-corrected chi connectivity index (χ2v) is 37.3. The van der Waals surface area contributed by atoms with Crippen LogP contribution >= 0.6 is 0 Å². The van der Waals surface area contributed by atoms with Gasteiger partial charge in [0, 0.05) is 77.2 Å². The van der Waals surface area contributed by atoms with Gasteiger partial charge in [-0.15, -0.1) is 0 Å². The molecule has 0 radical (unpaired) electrons. The maximum absolute atomic E-state index is 9.64. The molecule has 0 aromatic heterocycles. The molecule has 3 aliphatic rings. The predicted molar refractivity (Wildman–Crippen MR) is 492 cm³/mol. The summed E-state index contributed by atoms with van der Waals surface area (Å²) in [5.74, 6) is 6.83. The van der Waals surface area contributed by atoms with Crippen molar-refractivity contribution in [1.82, 2.24) is 14.7 Å². The van der Waals surface area contributed by atoms with Gasteiger partial charge in [0.05, 0.1) is 54.9 Å². The van der Waals surface area contributed by atoms with Gasteiger partial charge in [0.25, 0.3) is 0 Å². The Morgan fingerprint density at radius 1 is 0.228 bits per heavy atom. The number of β-amino-alcohol motifs (C(OH)–C–C–N with tert-alkyl or cyclic N) is 3. The zero-order chi connectivity index (χ0) is 90.3. The van der Waals surface area contributed by atoms with E-state index >= 15 is 0 Å². The SMILES string of the molecule is CC(C)C(N)CCCO.CC(C)CC(O)CCN.CC(C)CC(O)CN.CC(C)CC(O)CN1CCCC1.CC(C)C[C@@H](O)CCN.CC(C)C[C@@H](O)CN.CC(C)C[C@@H](O)CN1CCCC1.CC(C)C[C@H](O)CCN.CC(C)C[C@H](O)CN.CC(C)C[C@H](O)CN1CCCC1.CC(C)[C@@H](N)CCCO.CC(C)[C@H](N)CCCO. The Bertz CT molecular complexity index is 1580. The normalized spacial score (nSPS) is 16.8. The lowest BCUT2D eigenvalue weighted by Crippen LogP contribution is -2.30. The zero-order valence-electron chi connectivity index (χ0n) is 79.5. The predicted octanol–water partition coefficient (Wildman–Crippen LogP) is 9.98. The average Bonchev–Trinajstić information content (AvgIpc) is 1.82. The van der Waals surface area contributed by atoms with Crippen LogP contribution in [-0.2, 0) is 0 Å². The second-order valence-electron chi connectivity index (χ2n) is 37.3. The minimum absolute atomic E-state index is 0.108. The van der Waals surface area contributed by atoms with E-state index in [1.165, 1.54) is 77.8 Å². The summed E-state index contributed by atoms with van der Waals surface area (Å²) in [4.78, 5) is 7.10. The van der Waals surface area contributed by atoms with Crippen LogP contribution in [0.4, 0.5) is 0 Å². The summed E-state index contributed by atoms with van der Waals surface area (Å²) in [6.07, 6.45) is 21.5. The average molecular weight is 1650 g/mol. The molecule has 0 saturated carbocycles. The molecule has 3 saturated heterocycles. The molecular formula is C90H210N12O12. The molecule has 702 valence electrons. The molecule has 0 aliphatic carbocycles. The smallest absolute Gasteiger partial charge is 0.0669 e. The van der Waals surface area contributed by atoms with Crippen molar-refractivity contribution in [3.05, 3.63) is 0 Å². The lowest BCUT2D eigenvalue weighted by molar-refractivity contribution is 0.105. The van der Waals surface area contributed by atoms with Crippen molar-refractivity contribution in [3.63, 3.8) is 0 Å². The van der Waals surface area contributed by atoms with Gasteiger partial charge in [-0.3, -0.25) is 0 Å². The van der Waals surface area contributed by atoms with Gasteiger partial charge < -0.3 is 128 Å². The van der Waals surface area contributed by atoms with Crippen molar-refractivity contribution in [3.8, 4) is 0 Å². The van der Waals surface area contributed by atoms with E-state index in [1.807, 2.05) is 0 Å². The lowest BCUT2D eigenvalue weighted by atomic mass is 10.0. The van der Waals surface area contributed by atoms with Crippen LogP contribution in [0, 0.1) is 71.0 Å². The standard InChI is InChI=1S/3C10H21NO.6C7H17NO.3C6H15NO/c3*1-9(2)7-10(12)8-11-5-3-4-6-11;3*1-6(2)5-7(9)3-4-8;3*1-6(2)7(8)4-3-5-9;3*1-5(2)3-6(8)4-7/h3*9-10,12H,3-8H2,1-2H3;6*6-7,9H,3-5,8H2,1-2H3;3*5-6,8H,3-4,7H2,1-2H3/t2*10-;;2*7-;;2*7-;;2*6-;/m10.10.10.10./s1. The fraction of sp³-hybridized carbons (Fsp3) is 1.00. The third-order valence-electron chi connectivity index (χ3n) is 18.7. The van der Waals surface area contributed by atoms with Crippen LogP contribution < -0.4 is 51.6 Å². The molecule has 3 aliphatic heterocycles. The van der Waals surface area contributed by atoms with Gasteiger partial charge in [-0.25, -0.2) is 0 Å². The number of aliphatic hydroxyl groups is 12. The van der Waals surface area contributed by atoms with Gasteiger partial charge in [-0.2, -0.15) is 0 Å². The van der Waals surface area contributed by atoms with Crippen molar-refractivity contribution in [2.24, 2.45) is 123 Å². The molecule has 3 rings (SSSR count). The topological polar surface area (TPSA) is 487 Å². The van der Waals surface area contributed by atoms with Crippen molar-refractivity contribution < 1.29 is 61.3 Å². The van der Waals surface area contributed by atoms with E-state index in [-0.39, 0.29) is 92.9 Å². The number of likely N-dealkylation sites (tertiary alicyclic amines) is 3. The monoisotopic (exact) mass is 1650 g/mol. The number of aliphatic hydroxyl groups excluding tert-OH is 12. The van der Waals surface area contributed by atoms with Gasteiger partial charge in [0.2, 0.25) is 0 Å². The molecule has 114 heavy (non-hydrogen) atoms. The van der Waals surface area contributed by atoms with E-state index < -0.39 is 0 Å². The van der Waals surface area contributed by atoms with Gasteiger partial charge in [0.1, 0.15) is 0 Å². The third-order valence-corrected chi connectivity index (χ3v) is 18.7. The summed E-state index contributed by atoms with van der Waals surface area (Å²) >= 11 is 0. The second kappa shape index (κ2) is 92.8. The summed E-state index contributed by atoms with van der Waals surface area (Å²) in [5.41, 5.74) is 48.3. The molecule has 30 N–H and O–H groups in total. The molecule has 0 bridgehead atoms. The molecule has 24 nitrogen and oxygen atoms in total. The first-order valence-corrected chi connectivity index (χ1v) is 45.7. The Balaban J connectivity index is -0.000000151. The zero-order valence-corrected chi connectivity index (χ0v) is 79.5. The van der Waals surface area contributed by atoms with E-state index in [0.29, 0.717) is 110 Å². The molecule has 4 unspecified atom stereocenters. The Kier molecular flexibility index (Phi) is 107. The van der Waals surface area contributed by atoms with Gasteiger partial charge in [-0.05, 0) is 284 Å². The van der Waals surface area contributed by atoms with Gasteiger partial charge >= 0.3 is 0 Å². The largest absolute Gasteiger partial charge is 0.396 e. The van der Waals surface area contributed by atoms with Crippen molar-refractivity contribution in [1.29, 1.82) is 0 Å². The molecule has 3 fully saturated rings. The summed E-state index contributed by atoms with van der Waals surface area (Å²) < 4.78 is 0. The van der Waals surface area contributed by atoms with Crippen molar-refractivity contribution in [2.75, 3.05) is 118 Å². The quantitative estimate of drug-likeness (QED) is 0.0269. The van der Waals surface area contributed by atoms with Crippen molar-refractivity contribution >= 4 is 0 Å². The van der Waals surface area contributed by atoms with E-state index in [1.54, 1.807) is 0 Å². The van der Waals surface area contributed by atoms with E-state index in [9.17, 15) is 15.3 Å². The van der Waals surface area contributed by atoms with Gasteiger partial charge in [0.15, 0.2) is 0 Å². The number of hydrogen-bond acceptors (Lipinski definition) is 24. The molecule has 0 aromatic rings. The maximum Gasteiger partial charge on any atom is 0.0669 e. The van der Waals surface area contributed by atoms with Crippen molar-refractivity contribution in [2.45, 2.75) is 393 Å². The highest BCUT2D eigenvalue weighted by molar-refractivity contribution is 4.74. The van der Waals surface area contributed by atoms with Crippen LogP contribution in [-0.4, -0.2) is 267 Å². The highest BCUT2D eigenvalue weighted by atomic mass is 16.3. The lowest BCUT2D eigenvalue weighted by Gasteiger charge is -2.20. The highest BCUT2D eigenvalue weighted by Gasteiger charge is 2.20. The minimum Gasteiger partial charge on any atom is -0.396 e.